The lowest BCUT2D eigenvalue weighted by molar-refractivity contribution is -0.137. The van der Waals surface area contributed by atoms with Gasteiger partial charge in [0.25, 0.3) is 0 Å². The van der Waals surface area contributed by atoms with Gasteiger partial charge in [-0.3, -0.25) is 0 Å². The minimum Gasteiger partial charge on any atom is -0.478 e. The van der Waals surface area contributed by atoms with Crippen LogP contribution in [0.15, 0.2) is 42.5 Å². The molecule has 0 saturated carbocycles. The topological polar surface area (TPSA) is 63.6 Å². The molecule has 0 amide bonds. The Labute approximate surface area is 116 Å². The third-order valence-electron chi connectivity index (χ3n) is 2.87. The van der Waals surface area contributed by atoms with Crippen LogP contribution in [0.4, 0.5) is 0 Å². The van der Waals surface area contributed by atoms with E-state index in [2.05, 4.69) is 0 Å². The van der Waals surface area contributed by atoms with Gasteiger partial charge in [0.2, 0.25) is 0 Å². The minimum absolute atomic E-state index is 0.244. The normalized spacial score (nSPS) is 10.8. The van der Waals surface area contributed by atoms with E-state index in [1.165, 1.54) is 12.1 Å². The summed E-state index contributed by atoms with van der Waals surface area (Å²) in [6, 6.07) is 10.4. The summed E-state index contributed by atoms with van der Waals surface area (Å²) in [5.41, 5.74) is 1.02. The number of hydrogen-bond donors (Lipinski definition) is 1. The van der Waals surface area contributed by atoms with Crippen LogP contribution in [-0.2, 0) is 9.53 Å². The largest absolute Gasteiger partial charge is 0.478 e. The van der Waals surface area contributed by atoms with Crippen molar-refractivity contribution in [2.45, 2.75) is 6.92 Å². The van der Waals surface area contributed by atoms with Gasteiger partial charge in [-0.2, -0.15) is 0 Å². The number of aromatic carboxylic acids is 1. The number of hydrogen-bond acceptors (Lipinski definition) is 3. The van der Waals surface area contributed by atoms with Gasteiger partial charge >= 0.3 is 11.9 Å². The smallest absolute Gasteiger partial charge is 0.336 e. The van der Waals surface area contributed by atoms with Crippen molar-refractivity contribution in [1.82, 2.24) is 0 Å². The first kappa shape index (κ1) is 13.8. The quantitative estimate of drug-likeness (QED) is 0.685. The Morgan fingerprint density at radius 1 is 1.15 bits per heavy atom. The van der Waals surface area contributed by atoms with Gasteiger partial charge in [-0.25, -0.2) is 9.59 Å². The zero-order chi connectivity index (χ0) is 14.5. The molecular weight excluding hydrogens is 256 g/mol. The fraction of sp³-hybridized carbons (Fsp3) is 0.125. The number of ether oxygens (including phenoxy) is 1. The molecule has 1 N–H and O–H groups in total. The van der Waals surface area contributed by atoms with E-state index < -0.39 is 11.9 Å². The number of carbonyl (C=O) groups excluding carboxylic acids is 1. The van der Waals surface area contributed by atoms with Crippen LogP contribution >= 0.6 is 0 Å². The highest BCUT2D eigenvalue weighted by Crippen LogP contribution is 2.24. The first-order chi connectivity index (χ1) is 9.63. The third-order valence-corrected chi connectivity index (χ3v) is 2.87. The predicted octanol–water partition coefficient (Wildman–Crippen LogP) is 3.11. The Morgan fingerprint density at radius 2 is 1.85 bits per heavy atom. The summed E-state index contributed by atoms with van der Waals surface area (Å²) in [4.78, 5) is 22.5. The SMILES string of the molecule is CCOC(=O)C=Cc1ccc(C(=O)O)c2ccccc12. The lowest BCUT2D eigenvalue weighted by atomic mass is 9.99. The Balaban J connectivity index is 2.48. The monoisotopic (exact) mass is 270 g/mol. The van der Waals surface area contributed by atoms with Crippen LogP contribution in [0.2, 0.25) is 0 Å². The van der Waals surface area contributed by atoms with E-state index in [4.69, 9.17) is 9.84 Å². The Bertz CT molecular complexity index is 686. The van der Waals surface area contributed by atoms with Crippen LogP contribution in [-0.4, -0.2) is 23.7 Å². The number of benzene rings is 2. The van der Waals surface area contributed by atoms with Crippen molar-refractivity contribution >= 4 is 28.8 Å². The Kier molecular flexibility index (Phi) is 4.15. The van der Waals surface area contributed by atoms with Gasteiger partial charge in [-0.1, -0.05) is 30.3 Å². The molecule has 0 atom stereocenters. The number of esters is 1. The lowest BCUT2D eigenvalue weighted by Crippen LogP contribution is -1.99. The predicted molar refractivity (Wildman–Crippen MR) is 76.6 cm³/mol. The maximum absolute atomic E-state index is 11.3. The minimum atomic E-state index is -0.970. The van der Waals surface area contributed by atoms with Crippen molar-refractivity contribution in [3.8, 4) is 0 Å². The highest BCUT2D eigenvalue weighted by Gasteiger charge is 2.09. The molecule has 0 spiro atoms. The second-order valence-corrected chi connectivity index (χ2v) is 4.14. The lowest BCUT2D eigenvalue weighted by Gasteiger charge is -2.05. The summed E-state index contributed by atoms with van der Waals surface area (Å²) in [5, 5.41) is 10.6. The standard InChI is InChI=1S/C16H14O4/c1-2-20-15(17)10-8-11-7-9-14(16(18)19)13-6-4-3-5-12(11)13/h3-10H,2H2,1H3,(H,18,19). The molecule has 0 aliphatic rings. The molecule has 2 aromatic carbocycles. The van der Waals surface area contributed by atoms with E-state index in [1.807, 2.05) is 12.1 Å². The molecule has 0 radical (unpaired) electrons. The summed E-state index contributed by atoms with van der Waals surface area (Å²) in [7, 11) is 0. The number of carbonyl (C=O) groups is 2. The van der Waals surface area contributed by atoms with Gasteiger partial charge in [-0.05, 0) is 35.4 Å². The van der Waals surface area contributed by atoms with Gasteiger partial charge < -0.3 is 9.84 Å². The van der Waals surface area contributed by atoms with Crippen LogP contribution in [0.25, 0.3) is 16.8 Å². The van der Waals surface area contributed by atoms with E-state index >= 15 is 0 Å². The zero-order valence-electron chi connectivity index (χ0n) is 11.0. The highest BCUT2D eigenvalue weighted by atomic mass is 16.5. The van der Waals surface area contributed by atoms with Crippen molar-refractivity contribution in [3.63, 3.8) is 0 Å². The zero-order valence-corrected chi connectivity index (χ0v) is 11.0. The second kappa shape index (κ2) is 6.02. The number of fused-ring (bicyclic) bond motifs is 1. The molecule has 0 unspecified atom stereocenters. The molecule has 0 saturated heterocycles. The molecule has 2 rings (SSSR count). The molecule has 0 aliphatic carbocycles. The molecule has 0 aliphatic heterocycles. The van der Waals surface area contributed by atoms with E-state index in [0.29, 0.717) is 12.0 Å². The van der Waals surface area contributed by atoms with Crippen LogP contribution in [0, 0.1) is 0 Å². The molecule has 102 valence electrons. The summed E-state index contributed by atoms with van der Waals surface area (Å²) < 4.78 is 4.82. The van der Waals surface area contributed by atoms with Crippen molar-refractivity contribution in [3.05, 3.63) is 53.6 Å². The second-order valence-electron chi connectivity index (χ2n) is 4.14. The first-order valence-corrected chi connectivity index (χ1v) is 6.23. The summed E-state index contributed by atoms with van der Waals surface area (Å²) in [6.45, 7) is 2.06. The summed E-state index contributed by atoms with van der Waals surface area (Å²) in [6.07, 6.45) is 2.97. The average Bonchev–Trinajstić information content (AvgIpc) is 2.44. The van der Waals surface area contributed by atoms with Gasteiger partial charge in [0.15, 0.2) is 0 Å². The van der Waals surface area contributed by atoms with Crippen molar-refractivity contribution in [2.75, 3.05) is 6.61 Å². The molecule has 0 bridgehead atoms. The fourth-order valence-corrected chi connectivity index (χ4v) is 2.00. The molecule has 4 heteroatoms. The van der Waals surface area contributed by atoms with E-state index in [0.717, 1.165) is 10.9 Å². The molecule has 20 heavy (non-hydrogen) atoms. The molecule has 0 heterocycles. The molecule has 0 fully saturated rings. The maximum Gasteiger partial charge on any atom is 0.336 e. The van der Waals surface area contributed by atoms with Crippen LogP contribution in [0.5, 0.6) is 0 Å². The van der Waals surface area contributed by atoms with Crippen molar-refractivity contribution in [1.29, 1.82) is 0 Å². The fourth-order valence-electron chi connectivity index (χ4n) is 2.00. The first-order valence-electron chi connectivity index (χ1n) is 6.23. The Hall–Kier alpha value is -2.62. The highest BCUT2D eigenvalue weighted by molar-refractivity contribution is 6.06. The van der Waals surface area contributed by atoms with Gasteiger partial charge in [0, 0.05) is 6.08 Å². The van der Waals surface area contributed by atoms with E-state index in [9.17, 15) is 9.59 Å². The van der Waals surface area contributed by atoms with Gasteiger partial charge in [-0.15, -0.1) is 0 Å². The van der Waals surface area contributed by atoms with Crippen LogP contribution in [0.3, 0.4) is 0 Å². The number of carboxylic acids is 1. The summed E-state index contributed by atoms with van der Waals surface area (Å²) >= 11 is 0. The van der Waals surface area contributed by atoms with Gasteiger partial charge in [0.1, 0.15) is 0 Å². The number of rotatable bonds is 4. The van der Waals surface area contributed by atoms with Gasteiger partial charge in [0.05, 0.1) is 12.2 Å². The number of carboxylic acid groups (broad SMARTS) is 1. The van der Waals surface area contributed by atoms with Crippen LogP contribution < -0.4 is 0 Å². The average molecular weight is 270 g/mol. The maximum atomic E-state index is 11.3. The molecular formula is C16H14O4. The Morgan fingerprint density at radius 3 is 2.50 bits per heavy atom. The molecule has 0 aromatic heterocycles. The summed E-state index contributed by atoms with van der Waals surface area (Å²) in [5.74, 6) is -1.39. The molecule has 2 aromatic rings. The van der Waals surface area contributed by atoms with Crippen LogP contribution in [0.1, 0.15) is 22.8 Å². The molecule has 4 nitrogen and oxygen atoms in total. The van der Waals surface area contributed by atoms with E-state index in [-0.39, 0.29) is 5.56 Å². The third kappa shape index (κ3) is 2.85. The van der Waals surface area contributed by atoms with E-state index in [1.54, 1.807) is 31.2 Å². The van der Waals surface area contributed by atoms with Crippen molar-refractivity contribution in [2.24, 2.45) is 0 Å². The van der Waals surface area contributed by atoms with Crippen molar-refractivity contribution < 1.29 is 19.4 Å².